The molecule has 38 heavy (non-hydrogen) atoms. The lowest BCUT2D eigenvalue weighted by Gasteiger charge is -2.50. The first-order valence-corrected chi connectivity index (χ1v) is 12.1. The fourth-order valence-electron chi connectivity index (χ4n) is 5.11. The van der Waals surface area contributed by atoms with Gasteiger partial charge in [0.15, 0.2) is 0 Å². The number of hydrogen-bond donors (Lipinski definition) is 1. The maximum absolute atomic E-state index is 13.3. The molecule has 2 heterocycles. The maximum Gasteiger partial charge on any atom is 0.416 e. The number of nitrogens with zero attached hydrogens (tertiary/aromatic N) is 2. The minimum absolute atomic E-state index is 0.0174. The summed E-state index contributed by atoms with van der Waals surface area (Å²) in [6.07, 6.45) is -10.0. The van der Waals surface area contributed by atoms with Gasteiger partial charge in [0.05, 0.1) is 11.1 Å². The number of carbonyl (C=O) groups excluding carboxylic acids is 2. The van der Waals surface area contributed by atoms with E-state index in [-0.39, 0.29) is 51.1 Å². The zero-order chi connectivity index (χ0) is 27.7. The van der Waals surface area contributed by atoms with Crippen LogP contribution in [0, 0.1) is 0 Å². The van der Waals surface area contributed by atoms with Gasteiger partial charge in [-0.05, 0) is 30.2 Å². The average molecular weight is 544 g/mol. The summed E-state index contributed by atoms with van der Waals surface area (Å²) in [6, 6.07) is 10.1. The van der Waals surface area contributed by atoms with Gasteiger partial charge in [-0.3, -0.25) is 4.79 Å². The SMILES string of the molecule is O=C1OC2(CCN(C(=O)c3cc(C(F)(F)F)cc(C(F)(F)F)c3)CC2)C(c2ccccc2)CN1CCCO. The molecule has 6 nitrogen and oxygen atoms in total. The van der Waals surface area contributed by atoms with E-state index in [1.807, 2.05) is 30.3 Å². The number of hydrogen-bond acceptors (Lipinski definition) is 4. The van der Waals surface area contributed by atoms with E-state index in [1.54, 1.807) is 0 Å². The number of benzene rings is 2. The zero-order valence-electron chi connectivity index (χ0n) is 20.2. The normalized spacial score (nSPS) is 20.0. The van der Waals surface area contributed by atoms with Crippen LogP contribution in [-0.2, 0) is 17.1 Å². The molecular weight excluding hydrogens is 518 g/mol. The highest BCUT2D eigenvalue weighted by Crippen LogP contribution is 2.44. The van der Waals surface area contributed by atoms with Crippen molar-refractivity contribution in [3.63, 3.8) is 0 Å². The van der Waals surface area contributed by atoms with Crippen LogP contribution in [0.2, 0.25) is 0 Å². The van der Waals surface area contributed by atoms with Crippen molar-refractivity contribution < 1.29 is 45.8 Å². The van der Waals surface area contributed by atoms with Crippen molar-refractivity contribution in [3.05, 3.63) is 70.8 Å². The molecule has 2 saturated heterocycles. The highest BCUT2D eigenvalue weighted by Gasteiger charge is 2.51. The number of halogens is 6. The first-order chi connectivity index (χ1) is 17.8. The fourth-order valence-corrected chi connectivity index (χ4v) is 5.11. The molecule has 12 heteroatoms. The number of aliphatic hydroxyl groups is 1. The third-order valence-electron chi connectivity index (χ3n) is 7.11. The molecule has 0 saturated carbocycles. The van der Waals surface area contributed by atoms with Crippen LogP contribution in [0.5, 0.6) is 0 Å². The lowest BCUT2D eigenvalue weighted by atomic mass is 9.74. The van der Waals surface area contributed by atoms with Crippen molar-refractivity contribution in [1.29, 1.82) is 0 Å². The molecular formula is C26H26F6N2O4. The Labute approximate surface area is 214 Å². The first-order valence-electron chi connectivity index (χ1n) is 12.1. The number of piperidine rings is 1. The van der Waals surface area contributed by atoms with Crippen LogP contribution >= 0.6 is 0 Å². The lowest BCUT2D eigenvalue weighted by Crippen LogP contribution is -2.59. The molecule has 0 bridgehead atoms. The number of likely N-dealkylation sites (tertiary alicyclic amines) is 1. The van der Waals surface area contributed by atoms with E-state index in [9.17, 15) is 35.9 Å². The number of amides is 2. The zero-order valence-corrected chi connectivity index (χ0v) is 20.2. The number of rotatable bonds is 5. The van der Waals surface area contributed by atoms with Crippen molar-refractivity contribution in [2.75, 3.05) is 32.8 Å². The summed E-state index contributed by atoms with van der Waals surface area (Å²) in [6.45, 7) is 0.441. The second-order valence-corrected chi connectivity index (χ2v) is 9.51. The number of aliphatic hydroxyl groups excluding tert-OH is 1. The monoisotopic (exact) mass is 544 g/mol. The molecule has 206 valence electrons. The van der Waals surface area contributed by atoms with Crippen LogP contribution in [0.3, 0.4) is 0 Å². The Morgan fingerprint density at radius 2 is 1.55 bits per heavy atom. The Balaban J connectivity index is 1.58. The topological polar surface area (TPSA) is 70.1 Å². The van der Waals surface area contributed by atoms with Crippen LogP contribution < -0.4 is 0 Å². The van der Waals surface area contributed by atoms with Crippen LogP contribution in [0.15, 0.2) is 48.5 Å². The summed E-state index contributed by atoms with van der Waals surface area (Å²) in [5.74, 6) is -1.25. The predicted octanol–water partition coefficient (Wildman–Crippen LogP) is 5.32. The molecule has 1 atom stereocenters. The molecule has 4 rings (SSSR count). The molecule has 2 aliphatic rings. The number of carbonyl (C=O) groups is 2. The minimum Gasteiger partial charge on any atom is -0.442 e. The van der Waals surface area contributed by atoms with E-state index in [0.717, 1.165) is 5.56 Å². The minimum atomic E-state index is -5.07. The van der Waals surface area contributed by atoms with Gasteiger partial charge >= 0.3 is 18.4 Å². The molecule has 1 N–H and O–H groups in total. The van der Waals surface area contributed by atoms with Gasteiger partial charge in [-0.2, -0.15) is 26.3 Å². The highest BCUT2D eigenvalue weighted by atomic mass is 19.4. The van der Waals surface area contributed by atoms with Gasteiger partial charge in [0, 0.05) is 57.1 Å². The fraction of sp³-hybridized carbons (Fsp3) is 0.462. The van der Waals surface area contributed by atoms with Crippen LogP contribution in [0.25, 0.3) is 0 Å². The molecule has 2 aromatic carbocycles. The molecule has 0 radical (unpaired) electrons. The van der Waals surface area contributed by atoms with Gasteiger partial charge in [0.1, 0.15) is 5.60 Å². The summed E-state index contributed by atoms with van der Waals surface area (Å²) in [5.41, 5.74) is -3.94. The second-order valence-electron chi connectivity index (χ2n) is 9.51. The van der Waals surface area contributed by atoms with Gasteiger partial charge in [-0.25, -0.2) is 4.79 Å². The molecule has 0 aromatic heterocycles. The molecule has 2 fully saturated rings. The third-order valence-corrected chi connectivity index (χ3v) is 7.11. The Hall–Kier alpha value is -3.28. The number of alkyl halides is 6. The highest BCUT2D eigenvalue weighted by molar-refractivity contribution is 5.94. The predicted molar refractivity (Wildman–Crippen MR) is 123 cm³/mol. The van der Waals surface area contributed by atoms with Gasteiger partial charge in [0.25, 0.3) is 5.91 Å². The van der Waals surface area contributed by atoms with Gasteiger partial charge in [0.2, 0.25) is 0 Å². The van der Waals surface area contributed by atoms with E-state index in [4.69, 9.17) is 9.84 Å². The largest absolute Gasteiger partial charge is 0.442 e. The molecule has 1 spiro atoms. The smallest absolute Gasteiger partial charge is 0.416 e. The van der Waals surface area contributed by atoms with E-state index >= 15 is 0 Å². The van der Waals surface area contributed by atoms with E-state index in [1.165, 1.54) is 9.80 Å². The van der Waals surface area contributed by atoms with Crippen molar-refractivity contribution in [2.24, 2.45) is 0 Å². The average Bonchev–Trinajstić information content (AvgIpc) is 2.87. The van der Waals surface area contributed by atoms with Crippen molar-refractivity contribution in [2.45, 2.75) is 43.1 Å². The van der Waals surface area contributed by atoms with Crippen molar-refractivity contribution >= 4 is 12.0 Å². The summed E-state index contributed by atoms with van der Waals surface area (Å²) in [7, 11) is 0. The van der Waals surface area contributed by atoms with Gasteiger partial charge in [-0.15, -0.1) is 0 Å². The van der Waals surface area contributed by atoms with E-state index in [2.05, 4.69) is 0 Å². The van der Waals surface area contributed by atoms with E-state index < -0.39 is 46.6 Å². The summed E-state index contributed by atoms with van der Waals surface area (Å²) in [4.78, 5) is 28.5. The molecule has 0 aliphatic carbocycles. The quantitative estimate of drug-likeness (QED) is 0.518. The first kappa shape index (κ1) is 27.7. The molecule has 1 unspecified atom stereocenters. The Bertz CT molecular complexity index is 1130. The van der Waals surface area contributed by atoms with Gasteiger partial charge < -0.3 is 19.6 Å². The van der Waals surface area contributed by atoms with Crippen molar-refractivity contribution in [1.82, 2.24) is 9.80 Å². The second kappa shape index (κ2) is 10.5. The van der Waals surface area contributed by atoms with Crippen LogP contribution in [0.1, 0.15) is 52.2 Å². The van der Waals surface area contributed by atoms with Crippen molar-refractivity contribution in [3.8, 4) is 0 Å². The molecule has 2 aliphatic heterocycles. The Morgan fingerprint density at radius 1 is 0.974 bits per heavy atom. The third kappa shape index (κ3) is 5.74. The van der Waals surface area contributed by atoms with Gasteiger partial charge in [-0.1, -0.05) is 30.3 Å². The van der Waals surface area contributed by atoms with Crippen LogP contribution in [0.4, 0.5) is 31.1 Å². The maximum atomic E-state index is 13.3. The Kier molecular flexibility index (Phi) is 7.64. The van der Waals surface area contributed by atoms with Crippen LogP contribution in [-0.4, -0.2) is 65.3 Å². The number of ether oxygens (including phenoxy) is 1. The summed E-state index contributed by atoms with van der Waals surface area (Å²) >= 11 is 0. The summed E-state index contributed by atoms with van der Waals surface area (Å²) < 4.78 is 85.6. The Morgan fingerprint density at radius 3 is 2.08 bits per heavy atom. The summed E-state index contributed by atoms with van der Waals surface area (Å²) in [5, 5.41) is 9.17. The molecule has 2 amide bonds. The van der Waals surface area contributed by atoms with E-state index in [0.29, 0.717) is 25.1 Å². The molecule has 2 aromatic rings. The lowest BCUT2D eigenvalue weighted by molar-refractivity contribution is -0.143. The standard InChI is InChI=1S/C26H26F6N2O4/c27-25(28,29)19-13-18(14-20(15-19)26(30,31)32)22(36)33-10-7-24(8-11-33)21(17-5-2-1-3-6-17)16-34(9-4-12-35)23(37)38-24/h1-3,5-6,13-15,21,35H,4,7-12,16H2.